The third-order valence-electron chi connectivity index (χ3n) is 8.05. The molecule has 13 heteroatoms. The minimum absolute atomic E-state index is 0.00683. The van der Waals surface area contributed by atoms with Gasteiger partial charge in [0.1, 0.15) is 28.5 Å². The monoisotopic (exact) mass is 626 g/mol. The molecule has 2 aromatic carbocycles. The number of nitriles is 1. The van der Waals surface area contributed by atoms with Crippen LogP contribution in [0.25, 0.3) is 32.1 Å². The summed E-state index contributed by atoms with van der Waals surface area (Å²) in [6.45, 7) is 2.24. The summed E-state index contributed by atoms with van der Waals surface area (Å²) in [6.07, 6.45) is 3.69. The molecule has 2 N–H and O–H groups in total. The Morgan fingerprint density at radius 1 is 1.28 bits per heavy atom. The molecule has 1 saturated heterocycles. The van der Waals surface area contributed by atoms with Gasteiger partial charge in [0.25, 0.3) is 0 Å². The van der Waals surface area contributed by atoms with E-state index in [0.29, 0.717) is 32.5 Å². The predicted octanol–water partition coefficient (Wildman–Crippen LogP) is 5.62. The number of carbonyl (C=O) groups excluding carboxylic acids is 1. The Morgan fingerprint density at radius 2 is 2.02 bits per heavy atom. The topological polar surface area (TPSA) is 118 Å². The van der Waals surface area contributed by atoms with Crippen molar-refractivity contribution in [2.24, 2.45) is 5.41 Å². The van der Waals surface area contributed by atoms with E-state index in [9.17, 15) is 14.4 Å². The zero-order valence-corrected chi connectivity index (χ0v) is 25.2. The minimum Gasteiger partial charge on any atom is -0.474 e. The molecular formula is C30H29ClF2N6O3S. The molecule has 0 radical (unpaired) electrons. The molecule has 2 fully saturated rings. The molecule has 0 unspecified atom stereocenters. The molecule has 2 aliphatic rings. The number of piperidine rings is 1. The molecule has 2 aromatic heterocycles. The van der Waals surface area contributed by atoms with E-state index in [1.165, 1.54) is 18.2 Å². The smallest absolute Gasteiger partial charge is 0.320 e. The Labute approximate surface area is 255 Å². The van der Waals surface area contributed by atoms with Gasteiger partial charge in [-0.25, -0.2) is 8.78 Å². The van der Waals surface area contributed by atoms with Gasteiger partial charge in [-0.15, -0.1) is 11.3 Å². The number of rotatable bonds is 9. The number of benzene rings is 2. The highest BCUT2D eigenvalue weighted by molar-refractivity contribution is 7.23. The maximum absolute atomic E-state index is 16.6. The number of nitrogens with zero attached hydrogens (tertiary/aromatic N) is 5. The average Bonchev–Trinajstić information content (AvgIpc) is 3.65. The first kappa shape index (κ1) is 29.3. The molecule has 1 aliphatic carbocycles. The first-order chi connectivity index (χ1) is 20.6. The second-order valence-corrected chi connectivity index (χ2v) is 13.0. The number of fused-ring (bicyclic) bond motifs is 2. The van der Waals surface area contributed by atoms with Gasteiger partial charge in [0.2, 0.25) is 12.3 Å². The number of carbonyl (C=O) groups is 1. The number of thiophene rings is 1. The maximum atomic E-state index is 16.6. The van der Waals surface area contributed by atoms with Crippen LogP contribution in [0.15, 0.2) is 18.2 Å². The van der Waals surface area contributed by atoms with Crippen LogP contribution < -0.4 is 15.2 Å². The Kier molecular flexibility index (Phi) is 7.75. The summed E-state index contributed by atoms with van der Waals surface area (Å²) in [5, 5.41) is 10.3. The van der Waals surface area contributed by atoms with E-state index < -0.39 is 11.6 Å². The van der Waals surface area contributed by atoms with Crippen LogP contribution in [0.2, 0.25) is 5.02 Å². The maximum Gasteiger partial charge on any atom is 0.320 e. The average molecular weight is 627 g/mol. The fourth-order valence-electron chi connectivity index (χ4n) is 5.73. The Balaban J connectivity index is 1.47. The van der Waals surface area contributed by atoms with Crippen molar-refractivity contribution in [3.8, 4) is 29.1 Å². The molecule has 4 aromatic rings. The van der Waals surface area contributed by atoms with Gasteiger partial charge in [-0.1, -0.05) is 17.7 Å². The lowest BCUT2D eigenvalue weighted by molar-refractivity contribution is -0.119. The van der Waals surface area contributed by atoms with Gasteiger partial charge in [0.05, 0.1) is 27.3 Å². The lowest BCUT2D eigenvalue weighted by atomic mass is 9.97. The number of nitrogen functional groups attached to an aromatic ring is 1. The third-order valence-corrected chi connectivity index (χ3v) is 9.37. The quantitative estimate of drug-likeness (QED) is 0.238. The SMILES string of the molecule is CN(C)CC1(COc2nc(OC3CCN(C=O)CC3)c3cc(Cl)c(-c4ccc(F)c5sc(N)c(C#N)c45)c(F)c3n2)CC1. The molecule has 224 valence electrons. The Hall–Kier alpha value is -3.79. The van der Waals surface area contributed by atoms with Crippen LogP contribution in [-0.2, 0) is 4.79 Å². The van der Waals surface area contributed by atoms with Crippen LogP contribution in [0.3, 0.4) is 0 Å². The van der Waals surface area contributed by atoms with Gasteiger partial charge in [-0.3, -0.25) is 4.79 Å². The molecule has 0 atom stereocenters. The van der Waals surface area contributed by atoms with Gasteiger partial charge in [0.15, 0.2) is 5.82 Å². The second kappa shape index (κ2) is 11.4. The molecule has 0 spiro atoms. The largest absolute Gasteiger partial charge is 0.474 e. The number of halogens is 3. The first-order valence-electron chi connectivity index (χ1n) is 13.9. The lowest BCUT2D eigenvalue weighted by Crippen LogP contribution is -2.37. The summed E-state index contributed by atoms with van der Waals surface area (Å²) in [5.41, 5.74) is 6.14. The lowest BCUT2D eigenvalue weighted by Gasteiger charge is -2.29. The fourth-order valence-corrected chi connectivity index (χ4v) is 6.97. The Bertz CT molecular complexity index is 1780. The molecule has 1 aliphatic heterocycles. The molecule has 1 saturated carbocycles. The van der Waals surface area contributed by atoms with Crippen molar-refractivity contribution in [3.05, 3.63) is 40.4 Å². The highest BCUT2D eigenvalue weighted by atomic mass is 35.5. The number of ether oxygens (including phenoxy) is 2. The van der Waals surface area contributed by atoms with Gasteiger partial charge in [-0.2, -0.15) is 15.2 Å². The van der Waals surface area contributed by atoms with Crippen molar-refractivity contribution in [1.82, 2.24) is 19.8 Å². The van der Waals surface area contributed by atoms with Crippen LogP contribution in [0.4, 0.5) is 13.8 Å². The highest BCUT2D eigenvalue weighted by Crippen LogP contribution is 2.47. The van der Waals surface area contributed by atoms with Crippen molar-refractivity contribution in [1.29, 1.82) is 5.26 Å². The zero-order chi connectivity index (χ0) is 30.5. The van der Waals surface area contributed by atoms with Crippen molar-refractivity contribution >= 4 is 55.3 Å². The normalized spacial score (nSPS) is 16.5. The number of anilines is 1. The first-order valence-corrected chi connectivity index (χ1v) is 15.1. The summed E-state index contributed by atoms with van der Waals surface area (Å²) in [6, 6.07) is 6.07. The summed E-state index contributed by atoms with van der Waals surface area (Å²) in [5.74, 6) is -1.24. The molecule has 0 bridgehead atoms. The van der Waals surface area contributed by atoms with Gasteiger partial charge >= 0.3 is 6.01 Å². The predicted molar refractivity (Wildman–Crippen MR) is 161 cm³/mol. The second-order valence-electron chi connectivity index (χ2n) is 11.5. The van der Waals surface area contributed by atoms with Crippen LogP contribution in [0.5, 0.6) is 11.9 Å². The minimum atomic E-state index is -0.786. The Morgan fingerprint density at radius 3 is 2.67 bits per heavy atom. The number of nitrogens with two attached hydrogens (primary N) is 1. The third kappa shape index (κ3) is 5.53. The molecule has 9 nitrogen and oxygen atoms in total. The van der Waals surface area contributed by atoms with Gasteiger partial charge in [0, 0.05) is 48.8 Å². The van der Waals surface area contributed by atoms with Crippen LogP contribution in [0.1, 0.15) is 31.2 Å². The van der Waals surface area contributed by atoms with E-state index in [1.54, 1.807) is 4.90 Å². The van der Waals surface area contributed by atoms with Crippen molar-refractivity contribution in [3.63, 3.8) is 0 Å². The number of hydrogen-bond donors (Lipinski definition) is 1. The summed E-state index contributed by atoms with van der Waals surface area (Å²) in [4.78, 5) is 23.9. The van der Waals surface area contributed by atoms with E-state index in [2.05, 4.69) is 14.9 Å². The van der Waals surface area contributed by atoms with Gasteiger partial charge in [-0.05, 0) is 44.6 Å². The van der Waals surface area contributed by atoms with Crippen LogP contribution in [0, 0.1) is 28.4 Å². The molecule has 1 amide bonds. The standard InChI is InChI=1S/C30H29ClF2N6O3S/c1-38(2)13-30(7-8-30)14-41-29-36-25-18(28(37-29)42-16-5-9-39(15-40)10-6-16)11-20(31)23(24(25)33)17-3-4-21(32)26-22(17)19(12-34)27(35)43-26/h3-4,11,15-16H,5-10,13-14,35H2,1-2H3. The van der Waals surface area contributed by atoms with E-state index in [0.717, 1.165) is 37.1 Å². The summed E-state index contributed by atoms with van der Waals surface area (Å²) in [7, 11) is 4.00. The summed E-state index contributed by atoms with van der Waals surface area (Å²) < 4.78 is 43.9. The van der Waals surface area contributed by atoms with E-state index in [4.69, 9.17) is 26.8 Å². The van der Waals surface area contributed by atoms with E-state index in [1.807, 2.05) is 20.2 Å². The van der Waals surface area contributed by atoms with Crippen molar-refractivity contribution in [2.75, 3.05) is 46.1 Å². The summed E-state index contributed by atoms with van der Waals surface area (Å²) >= 11 is 7.64. The van der Waals surface area contributed by atoms with Crippen molar-refractivity contribution < 1.29 is 23.0 Å². The number of hydrogen-bond acceptors (Lipinski definition) is 9. The van der Waals surface area contributed by atoms with Gasteiger partial charge < -0.3 is 25.0 Å². The zero-order valence-electron chi connectivity index (χ0n) is 23.6. The fraction of sp³-hybridized carbons (Fsp3) is 0.400. The van der Waals surface area contributed by atoms with Crippen LogP contribution >= 0.6 is 22.9 Å². The van der Waals surface area contributed by atoms with Crippen LogP contribution in [-0.4, -0.2) is 72.6 Å². The molecule has 43 heavy (non-hydrogen) atoms. The van der Waals surface area contributed by atoms with Crippen molar-refractivity contribution in [2.45, 2.75) is 31.8 Å². The molecule has 3 heterocycles. The molecule has 6 rings (SSSR count). The molecular weight excluding hydrogens is 598 g/mol. The number of likely N-dealkylation sites (tertiary alicyclic amines) is 1. The van der Waals surface area contributed by atoms with E-state index in [-0.39, 0.29) is 71.1 Å². The highest BCUT2D eigenvalue weighted by Gasteiger charge is 2.44. The number of amides is 1. The van der Waals surface area contributed by atoms with E-state index >= 15 is 4.39 Å². The number of aromatic nitrogens is 2.